The number of amides is 3. The molecule has 1 aliphatic heterocycles. The molecule has 0 aromatic heterocycles. The van der Waals surface area contributed by atoms with Crippen LogP contribution in [0.1, 0.15) is 74.6 Å². The molecule has 9 nitrogen and oxygen atoms in total. The largest absolute Gasteiger partial charge is 0.491 e. The molecule has 9 heteroatoms. The standard InChI is InChI=1S/C28H42N2O7/c31-27(30(24-9-5-2-6-10-24)28(32)29-23-7-3-1-4-8-23)22-19-25-21-26(20-22)37-18-16-35-14-12-33-11-13-34-15-17-36-25/h19-21,23-24H,1-18H2,(H,29,32). The van der Waals surface area contributed by atoms with Crippen molar-refractivity contribution < 1.29 is 33.3 Å². The fourth-order valence-corrected chi connectivity index (χ4v) is 5.23. The Hall–Kier alpha value is -2.36. The lowest BCUT2D eigenvalue weighted by Gasteiger charge is -2.34. The van der Waals surface area contributed by atoms with Crippen molar-refractivity contribution in [1.29, 1.82) is 0 Å². The molecule has 0 atom stereocenters. The first kappa shape index (κ1) is 27.7. The Kier molecular flexibility index (Phi) is 11.3. The third kappa shape index (κ3) is 8.86. The molecule has 1 aromatic rings. The third-order valence-electron chi connectivity index (χ3n) is 7.17. The molecule has 0 saturated heterocycles. The van der Waals surface area contributed by atoms with Gasteiger partial charge >= 0.3 is 6.03 Å². The summed E-state index contributed by atoms with van der Waals surface area (Å²) >= 11 is 0. The van der Waals surface area contributed by atoms with Gasteiger partial charge < -0.3 is 29.0 Å². The van der Waals surface area contributed by atoms with Crippen LogP contribution in [0.2, 0.25) is 0 Å². The molecule has 1 heterocycles. The van der Waals surface area contributed by atoms with Gasteiger partial charge in [-0.3, -0.25) is 9.69 Å². The minimum Gasteiger partial charge on any atom is -0.491 e. The Morgan fingerprint density at radius 1 is 0.649 bits per heavy atom. The van der Waals surface area contributed by atoms with E-state index in [9.17, 15) is 9.59 Å². The van der Waals surface area contributed by atoms with Crippen molar-refractivity contribution in [2.75, 3.05) is 52.9 Å². The first-order valence-electron chi connectivity index (χ1n) is 14.0. The summed E-state index contributed by atoms with van der Waals surface area (Å²) in [6, 6.07) is 4.90. The fraction of sp³-hybridized carbons (Fsp3) is 0.714. The van der Waals surface area contributed by atoms with Gasteiger partial charge in [-0.05, 0) is 37.8 Å². The highest BCUT2D eigenvalue weighted by molar-refractivity contribution is 6.05. The Morgan fingerprint density at radius 3 is 1.68 bits per heavy atom. The van der Waals surface area contributed by atoms with Gasteiger partial charge in [-0.25, -0.2) is 4.79 Å². The normalized spacial score (nSPS) is 21.3. The van der Waals surface area contributed by atoms with Gasteiger partial charge in [0.1, 0.15) is 24.7 Å². The second-order valence-corrected chi connectivity index (χ2v) is 9.98. The summed E-state index contributed by atoms with van der Waals surface area (Å²) in [5, 5.41) is 3.16. The van der Waals surface area contributed by atoms with Crippen molar-refractivity contribution >= 4 is 11.9 Å². The fourth-order valence-electron chi connectivity index (χ4n) is 5.23. The molecular formula is C28H42N2O7. The van der Waals surface area contributed by atoms with Crippen LogP contribution in [-0.4, -0.2) is 81.8 Å². The van der Waals surface area contributed by atoms with E-state index in [0.717, 1.165) is 57.8 Å². The smallest absolute Gasteiger partial charge is 0.324 e. The van der Waals surface area contributed by atoms with E-state index in [1.165, 1.54) is 11.3 Å². The molecule has 0 unspecified atom stereocenters. The summed E-state index contributed by atoms with van der Waals surface area (Å²) in [7, 11) is 0. The topological polar surface area (TPSA) is 95.6 Å². The average Bonchev–Trinajstić information content (AvgIpc) is 2.92. The minimum absolute atomic E-state index is 0.103. The van der Waals surface area contributed by atoms with Gasteiger partial charge in [-0.15, -0.1) is 0 Å². The second kappa shape index (κ2) is 15.1. The number of nitrogens with one attached hydrogen (secondary N) is 1. The van der Waals surface area contributed by atoms with Gasteiger partial charge in [0.15, 0.2) is 0 Å². The van der Waals surface area contributed by atoms with E-state index in [-0.39, 0.29) is 24.0 Å². The van der Waals surface area contributed by atoms with Gasteiger partial charge in [-0.1, -0.05) is 38.5 Å². The molecule has 37 heavy (non-hydrogen) atoms. The molecule has 0 radical (unpaired) electrons. The van der Waals surface area contributed by atoms with Crippen LogP contribution in [0.15, 0.2) is 18.2 Å². The van der Waals surface area contributed by atoms with Crippen molar-refractivity contribution in [1.82, 2.24) is 10.2 Å². The first-order chi connectivity index (χ1) is 18.2. The predicted octanol–water partition coefficient (Wildman–Crippen LogP) is 4.32. The van der Waals surface area contributed by atoms with E-state index in [1.54, 1.807) is 18.2 Å². The van der Waals surface area contributed by atoms with Crippen molar-refractivity contribution in [2.45, 2.75) is 76.3 Å². The van der Waals surface area contributed by atoms with E-state index in [1.807, 2.05) is 0 Å². The van der Waals surface area contributed by atoms with Gasteiger partial charge in [0.05, 0.1) is 39.6 Å². The number of nitrogens with zero attached hydrogens (tertiary/aromatic N) is 1. The number of carbonyl (C=O) groups is 2. The summed E-state index contributed by atoms with van der Waals surface area (Å²) in [4.78, 5) is 28.9. The summed E-state index contributed by atoms with van der Waals surface area (Å²) in [5.41, 5.74) is 0.383. The van der Waals surface area contributed by atoms with Crippen LogP contribution in [-0.2, 0) is 14.2 Å². The maximum Gasteiger partial charge on any atom is 0.324 e. The van der Waals surface area contributed by atoms with E-state index in [4.69, 9.17) is 23.7 Å². The third-order valence-corrected chi connectivity index (χ3v) is 7.17. The molecule has 3 aliphatic rings. The average molecular weight is 519 g/mol. The summed E-state index contributed by atoms with van der Waals surface area (Å²) < 4.78 is 28.4. The van der Waals surface area contributed by atoms with Crippen LogP contribution in [0, 0.1) is 0 Å². The lowest BCUT2D eigenvalue weighted by Crippen LogP contribution is -2.52. The van der Waals surface area contributed by atoms with Crippen molar-refractivity contribution in [3.8, 4) is 11.5 Å². The SMILES string of the molecule is O=C(NC1CCCCC1)N(C(=O)c1cc2cc(c1)OCCOCCOCCOCCO2)C1CCCCC1. The lowest BCUT2D eigenvalue weighted by atomic mass is 9.93. The molecular weight excluding hydrogens is 476 g/mol. The molecule has 2 fully saturated rings. The summed E-state index contributed by atoms with van der Waals surface area (Å²) in [6.45, 7) is 3.38. The van der Waals surface area contributed by atoms with Gasteiger partial charge in [-0.2, -0.15) is 0 Å². The number of imide groups is 1. The molecule has 0 spiro atoms. The van der Waals surface area contributed by atoms with E-state index >= 15 is 0 Å². The molecule has 2 bridgehead atoms. The van der Waals surface area contributed by atoms with Crippen LogP contribution in [0.5, 0.6) is 11.5 Å². The molecule has 206 valence electrons. The summed E-state index contributed by atoms with van der Waals surface area (Å²) in [6.07, 6.45) is 10.2. The maximum atomic E-state index is 13.9. The van der Waals surface area contributed by atoms with Crippen LogP contribution in [0.4, 0.5) is 4.79 Å². The van der Waals surface area contributed by atoms with Crippen molar-refractivity contribution in [3.05, 3.63) is 23.8 Å². The quantitative estimate of drug-likeness (QED) is 0.637. The monoisotopic (exact) mass is 518 g/mol. The molecule has 1 aromatic carbocycles. The van der Waals surface area contributed by atoms with E-state index in [0.29, 0.717) is 69.9 Å². The number of hydrogen-bond donors (Lipinski definition) is 1. The van der Waals surface area contributed by atoms with Gasteiger partial charge in [0.25, 0.3) is 5.91 Å². The zero-order valence-corrected chi connectivity index (χ0v) is 21.9. The van der Waals surface area contributed by atoms with Crippen molar-refractivity contribution in [2.24, 2.45) is 0 Å². The highest BCUT2D eigenvalue weighted by Gasteiger charge is 2.33. The Morgan fingerprint density at radius 2 is 1.14 bits per heavy atom. The van der Waals surface area contributed by atoms with Gasteiger partial charge in [0.2, 0.25) is 0 Å². The number of rotatable bonds is 3. The van der Waals surface area contributed by atoms with Crippen LogP contribution < -0.4 is 14.8 Å². The van der Waals surface area contributed by atoms with Crippen LogP contribution >= 0.6 is 0 Å². The number of benzene rings is 1. The zero-order chi connectivity index (χ0) is 25.7. The number of hydrogen-bond acceptors (Lipinski definition) is 7. The molecule has 2 aliphatic carbocycles. The number of carbonyl (C=O) groups excluding carboxylic acids is 2. The van der Waals surface area contributed by atoms with Crippen LogP contribution in [0.25, 0.3) is 0 Å². The molecule has 1 N–H and O–H groups in total. The Balaban J connectivity index is 1.52. The van der Waals surface area contributed by atoms with E-state index < -0.39 is 0 Å². The Bertz CT molecular complexity index is 821. The van der Waals surface area contributed by atoms with Crippen LogP contribution in [0.3, 0.4) is 0 Å². The lowest BCUT2D eigenvalue weighted by molar-refractivity contribution is 0.00432. The Labute approximate surface area is 220 Å². The molecule has 4 rings (SSSR count). The van der Waals surface area contributed by atoms with E-state index in [2.05, 4.69) is 5.32 Å². The van der Waals surface area contributed by atoms with Gasteiger partial charge in [0, 0.05) is 23.7 Å². The minimum atomic E-state index is -0.311. The predicted molar refractivity (Wildman–Crippen MR) is 138 cm³/mol. The molecule has 3 amide bonds. The molecule has 2 saturated carbocycles. The highest BCUT2D eigenvalue weighted by atomic mass is 16.6. The number of ether oxygens (including phenoxy) is 5. The highest BCUT2D eigenvalue weighted by Crippen LogP contribution is 2.29. The summed E-state index contributed by atoms with van der Waals surface area (Å²) in [5.74, 6) is 0.699. The first-order valence-corrected chi connectivity index (χ1v) is 14.0. The van der Waals surface area contributed by atoms with Crippen molar-refractivity contribution in [3.63, 3.8) is 0 Å². The number of fused-ring (bicyclic) bond motifs is 2. The second-order valence-electron chi connectivity index (χ2n) is 9.98. The number of urea groups is 1. The maximum absolute atomic E-state index is 13.9. The zero-order valence-electron chi connectivity index (χ0n) is 21.9.